The number of phenolic OH excluding ortho intramolecular Hbond substituents is 4. The molecule has 564 valence electrons. The Labute approximate surface area is 622 Å². The molecule has 0 bridgehead atoms. The maximum Gasteiger partial charge on any atom is 0.305 e. The zero-order valence-corrected chi connectivity index (χ0v) is 62.8. The van der Waals surface area contributed by atoms with Gasteiger partial charge in [-0.3, -0.25) is 38.4 Å². The van der Waals surface area contributed by atoms with Crippen molar-refractivity contribution in [3.8, 4) is 23.0 Å². The third-order valence-corrected chi connectivity index (χ3v) is 16.7. The number of carbonyl (C=O) groups excluding carboxylic acids is 5. The van der Waals surface area contributed by atoms with Crippen molar-refractivity contribution in [1.29, 1.82) is 0 Å². The number of anilines is 4. The summed E-state index contributed by atoms with van der Waals surface area (Å²) in [6.07, 6.45) is 15.8. The number of para-hydroxylation sites is 2. The molecule has 0 spiro atoms. The fraction of sp³-hybridized carbons (Fsp3) is 0.514. The summed E-state index contributed by atoms with van der Waals surface area (Å²) in [7, 11) is 0. The van der Waals surface area contributed by atoms with Crippen LogP contribution in [0.4, 0.5) is 22.7 Å². The third kappa shape index (κ3) is 49.1. The Morgan fingerprint density at radius 3 is 1.01 bits per heavy atom. The van der Waals surface area contributed by atoms with Crippen molar-refractivity contribution in [2.45, 2.75) is 189 Å². The largest absolute Gasteiger partial charge is 0.508 e. The number of hydrogen-bond acceptors (Lipinski definition) is 17. The van der Waals surface area contributed by atoms with Crippen molar-refractivity contribution in [3.63, 3.8) is 0 Å². The van der Waals surface area contributed by atoms with Crippen molar-refractivity contribution in [3.05, 3.63) is 97.1 Å². The number of phenols is 4. The van der Waals surface area contributed by atoms with Gasteiger partial charge < -0.3 is 83.0 Å². The Morgan fingerprint density at radius 1 is 0.363 bits per heavy atom. The van der Waals surface area contributed by atoms with Gasteiger partial charge in [-0.15, -0.1) is 0 Å². The fourth-order valence-corrected chi connectivity index (χ4v) is 10.2. The minimum Gasteiger partial charge on any atom is -0.508 e. The van der Waals surface area contributed by atoms with Gasteiger partial charge in [-0.1, -0.05) is 127 Å². The molecule has 4 unspecified atom stereocenters. The quantitative estimate of drug-likeness (QED) is 0.00642. The van der Waals surface area contributed by atoms with E-state index in [1.807, 2.05) is 27.7 Å². The zero-order chi connectivity index (χ0) is 76.0. The van der Waals surface area contributed by atoms with Crippen LogP contribution in [0, 0.1) is 23.7 Å². The molecule has 4 atom stereocenters. The van der Waals surface area contributed by atoms with Crippen molar-refractivity contribution in [2.24, 2.45) is 23.7 Å². The first kappa shape index (κ1) is 91.4. The monoisotopic (exact) mass is 1490 g/mol. The Morgan fingerprint density at radius 2 is 0.686 bits per heavy atom. The van der Waals surface area contributed by atoms with Crippen LogP contribution >= 0.6 is 48.9 Å². The van der Waals surface area contributed by atoms with Gasteiger partial charge in [-0.25, -0.2) is 0 Å². The van der Waals surface area contributed by atoms with E-state index in [9.17, 15) is 58.8 Å². The summed E-state index contributed by atoms with van der Waals surface area (Å²) in [6.45, 7) is 12.7. The fourth-order valence-electron chi connectivity index (χ4n) is 9.26. The molecular weight excluding hydrogens is 1390 g/mol. The molecule has 0 radical (unpaired) electrons. The lowest BCUT2D eigenvalue weighted by Gasteiger charge is -2.13. The predicted molar refractivity (Wildman–Crippen MR) is 416 cm³/mol. The summed E-state index contributed by atoms with van der Waals surface area (Å²) in [4.78, 5) is 93.8. The molecule has 0 aromatic heterocycles. The van der Waals surface area contributed by atoms with Crippen LogP contribution in [0.1, 0.15) is 189 Å². The number of amides is 4. The van der Waals surface area contributed by atoms with E-state index < -0.39 is 17.9 Å². The normalized spacial score (nSPS) is 11.5. The number of rotatable bonds is 45. The summed E-state index contributed by atoms with van der Waals surface area (Å²) in [5.41, 5.74) is 2.28. The molecule has 0 saturated carbocycles. The number of carboxylic acid groups (broad SMARTS) is 3. The maximum absolute atomic E-state index is 12.1. The number of aromatic hydroxyl groups is 4. The van der Waals surface area contributed by atoms with Crippen LogP contribution in [0.25, 0.3) is 0 Å². The number of carboxylic acids is 3. The summed E-state index contributed by atoms with van der Waals surface area (Å²) >= 11 is 20.7. The lowest BCUT2D eigenvalue weighted by Crippen LogP contribution is -2.23. The first-order chi connectivity index (χ1) is 48.6. The minimum atomic E-state index is -0.807. The van der Waals surface area contributed by atoms with E-state index in [1.54, 1.807) is 73.7 Å². The Hall–Kier alpha value is -8.60. The van der Waals surface area contributed by atoms with Gasteiger partial charge in [0.2, 0.25) is 23.6 Å². The SMILES string of the molecule is CC(CCCCNC(=S)CCCC(=O)O)C(=O)Nc1ccc(O)cc1.CC(CCCCNC(=S)CCCC(=O)O)C(=O)Nc1cccc(O)c1.CC(CCCCNC(=S)CCCC(=O)O)C(=O)Nc1ccccc1O.CCOC(=O)CCCC(=S)NCCCCC(C)C(=O)Nc1cccc(O)c1. The van der Waals surface area contributed by atoms with Crippen LogP contribution in [0.15, 0.2) is 97.1 Å². The number of thiocarbonyl (C=S) groups is 4. The highest BCUT2D eigenvalue weighted by molar-refractivity contribution is 7.80. The molecule has 0 aliphatic heterocycles. The molecule has 28 heteroatoms. The summed E-state index contributed by atoms with van der Waals surface area (Å²) in [6, 6.07) is 26.1. The van der Waals surface area contributed by atoms with Crippen LogP contribution in [-0.2, 0) is 43.1 Å². The lowest BCUT2D eigenvalue weighted by molar-refractivity contribution is -0.143. The molecule has 24 nitrogen and oxygen atoms in total. The third-order valence-electron chi connectivity index (χ3n) is 15.3. The van der Waals surface area contributed by atoms with Gasteiger partial charge >= 0.3 is 23.9 Å². The van der Waals surface area contributed by atoms with Gasteiger partial charge in [0.25, 0.3) is 0 Å². The Balaban J connectivity index is 0.000000680. The van der Waals surface area contributed by atoms with Crippen LogP contribution in [0.5, 0.6) is 23.0 Å². The van der Waals surface area contributed by atoms with Gasteiger partial charge in [-0.05, 0) is 170 Å². The van der Waals surface area contributed by atoms with Gasteiger partial charge in [0.15, 0.2) is 0 Å². The molecule has 4 rings (SSSR count). The molecular formula is C74H108N8O16S4. The maximum atomic E-state index is 12.1. The van der Waals surface area contributed by atoms with Gasteiger partial charge in [-0.2, -0.15) is 0 Å². The van der Waals surface area contributed by atoms with Crippen molar-refractivity contribution in [2.75, 3.05) is 54.1 Å². The molecule has 0 fully saturated rings. The Kier molecular flexibility index (Phi) is 50.2. The lowest BCUT2D eigenvalue weighted by atomic mass is 10.0. The van der Waals surface area contributed by atoms with Gasteiger partial charge in [0, 0.05) is 105 Å². The van der Waals surface area contributed by atoms with Crippen LogP contribution in [0.2, 0.25) is 0 Å². The van der Waals surface area contributed by atoms with E-state index >= 15 is 0 Å². The standard InChI is InChI=1S/C20H30N2O4S.3C18H26N2O4S/c1-3-26-19(24)12-7-11-18(27)21-13-5-4-8-15(2)20(25)22-16-9-6-10-17(23)14-16;1-13(18(24)20-14-7-4-8-15(21)12-14)6-2-3-11-19-16(25)9-5-10-17(22)23;1-13(18(24)20-14-8-2-3-9-15(14)21)7-4-5-12-19-16(25)10-6-11-17(22)23;1-13(18(24)20-14-8-10-15(21)11-9-14)5-2-3-12-19-16(25)6-4-7-17(22)23/h6,9-10,14-15,23H,3-5,7-8,11-13H2,1-2H3,(H,21,27)(H,22,25);4,7-8,12-13,21H,2-3,5-6,9-11H2,1H3,(H,19,25)(H,20,24)(H,22,23);2-3,8-9,13,21H,4-7,10-12H2,1H3,(H,19,25)(H,20,24)(H,22,23);8-11,13,21H,2-7,12H2,1H3,(H,19,25)(H,20,24)(H,22,23). The molecule has 0 aliphatic rings. The van der Waals surface area contributed by atoms with Crippen molar-refractivity contribution >= 4 is 139 Å². The molecule has 15 N–H and O–H groups in total. The number of carbonyl (C=O) groups is 8. The van der Waals surface area contributed by atoms with Crippen molar-refractivity contribution < 1.29 is 78.8 Å². The second kappa shape index (κ2) is 56.0. The van der Waals surface area contributed by atoms with E-state index in [2.05, 4.69) is 42.5 Å². The van der Waals surface area contributed by atoms with E-state index in [4.69, 9.17) is 68.9 Å². The first-order valence-corrected chi connectivity index (χ1v) is 36.5. The Bertz CT molecular complexity index is 3220. The smallest absolute Gasteiger partial charge is 0.305 e. The number of esters is 1. The highest BCUT2D eigenvalue weighted by Gasteiger charge is 2.18. The first-order valence-electron chi connectivity index (χ1n) is 34.8. The molecule has 0 saturated heterocycles. The molecule has 4 aromatic carbocycles. The average molecular weight is 1490 g/mol. The molecule has 4 amide bonds. The summed E-state index contributed by atoms with van der Waals surface area (Å²) in [5.74, 6) is -2.87. The number of aliphatic carboxylic acids is 3. The number of nitrogens with one attached hydrogen (secondary N) is 8. The average Bonchev–Trinajstić information content (AvgIpc) is 0.955. The van der Waals surface area contributed by atoms with Crippen LogP contribution < -0.4 is 42.5 Å². The summed E-state index contributed by atoms with van der Waals surface area (Å²) < 4.78 is 4.87. The zero-order valence-electron chi connectivity index (χ0n) is 59.5. The molecule has 0 heterocycles. The molecule has 0 aliphatic carbocycles. The predicted octanol–water partition coefficient (Wildman–Crippen LogP) is 13.7. The highest BCUT2D eigenvalue weighted by atomic mass is 32.1. The minimum absolute atomic E-state index is 0.0390. The van der Waals surface area contributed by atoms with Crippen LogP contribution in [0.3, 0.4) is 0 Å². The van der Waals surface area contributed by atoms with Gasteiger partial charge in [0.1, 0.15) is 23.0 Å². The number of benzene rings is 4. The second-order valence-corrected chi connectivity index (χ2v) is 26.5. The molecule has 4 aromatic rings. The van der Waals surface area contributed by atoms with E-state index in [-0.39, 0.29) is 95.5 Å². The number of ether oxygens (including phenoxy) is 1. The van der Waals surface area contributed by atoms with E-state index in [0.29, 0.717) is 102 Å². The number of unbranched alkanes of at least 4 members (excludes halogenated alkanes) is 4. The summed E-state index contributed by atoms with van der Waals surface area (Å²) in [5, 5.41) is 87.1. The van der Waals surface area contributed by atoms with E-state index in [1.165, 1.54) is 30.3 Å². The van der Waals surface area contributed by atoms with Crippen LogP contribution in [-0.4, -0.2) is 136 Å². The number of hydrogen-bond donors (Lipinski definition) is 15. The van der Waals surface area contributed by atoms with E-state index in [0.717, 1.165) is 108 Å². The van der Waals surface area contributed by atoms with Crippen molar-refractivity contribution in [1.82, 2.24) is 21.3 Å². The topological polar surface area (TPSA) is 384 Å². The molecule has 102 heavy (non-hydrogen) atoms. The highest BCUT2D eigenvalue weighted by Crippen LogP contribution is 2.24. The van der Waals surface area contributed by atoms with Gasteiger partial charge in [0.05, 0.1) is 32.2 Å². The second-order valence-electron chi connectivity index (χ2n) is 24.5.